The largest absolute Gasteiger partial charge is 0.303 e. The number of hydrogen-bond acceptors (Lipinski definition) is 2. The fourth-order valence-corrected chi connectivity index (χ4v) is 1.23. The van der Waals surface area contributed by atoms with Gasteiger partial charge in [0.2, 0.25) is 0 Å². The smallest absolute Gasteiger partial charge is 0.139 e. The van der Waals surface area contributed by atoms with Crippen LogP contribution in [0.1, 0.15) is 33.6 Å². The topological polar surface area (TPSA) is 29.1 Å². The molecule has 0 aromatic heterocycles. The number of allylic oxidation sites excluding steroid dienone is 1. The molecule has 0 amide bonds. The minimum Gasteiger partial charge on any atom is -0.303 e. The van der Waals surface area contributed by atoms with Gasteiger partial charge in [-0.25, -0.2) is 0 Å². The monoisotopic (exact) mass is 169 g/mol. The normalized spacial score (nSPS) is 15.7. The van der Waals surface area contributed by atoms with Gasteiger partial charge in [0, 0.05) is 6.04 Å². The van der Waals surface area contributed by atoms with Crippen LogP contribution in [0.3, 0.4) is 0 Å². The van der Waals surface area contributed by atoms with E-state index in [2.05, 4.69) is 11.9 Å². The Kier molecular flexibility index (Phi) is 4.83. The molecule has 0 aromatic rings. The zero-order valence-corrected chi connectivity index (χ0v) is 8.26. The summed E-state index contributed by atoms with van der Waals surface area (Å²) in [6, 6.07) is 0.338. The minimum atomic E-state index is -0.387. The zero-order valence-electron chi connectivity index (χ0n) is 8.26. The van der Waals surface area contributed by atoms with Crippen LogP contribution in [0, 0.1) is 0 Å². The second-order valence-electron chi connectivity index (χ2n) is 3.66. The van der Waals surface area contributed by atoms with Gasteiger partial charge in [0.1, 0.15) is 6.29 Å². The third-order valence-electron chi connectivity index (χ3n) is 1.75. The molecular weight excluding hydrogens is 150 g/mol. The molecule has 0 saturated carbocycles. The number of rotatable bonds is 6. The first-order chi connectivity index (χ1) is 5.54. The summed E-state index contributed by atoms with van der Waals surface area (Å²) in [5, 5.41) is 3.22. The first-order valence-electron chi connectivity index (χ1n) is 4.39. The van der Waals surface area contributed by atoms with E-state index in [-0.39, 0.29) is 5.54 Å². The van der Waals surface area contributed by atoms with Gasteiger partial charge in [0.15, 0.2) is 0 Å². The molecule has 1 unspecified atom stereocenters. The summed E-state index contributed by atoms with van der Waals surface area (Å²) in [5.41, 5.74) is -0.387. The van der Waals surface area contributed by atoms with Gasteiger partial charge in [0.25, 0.3) is 0 Å². The molecule has 0 heterocycles. The maximum absolute atomic E-state index is 10.8. The summed E-state index contributed by atoms with van der Waals surface area (Å²) in [5.74, 6) is 0. The van der Waals surface area contributed by atoms with Crippen molar-refractivity contribution in [2.45, 2.75) is 45.2 Å². The lowest BCUT2D eigenvalue weighted by atomic mass is 9.97. The highest BCUT2D eigenvalue weighted by atomic mass is 16.1. The molecular formula is C10H19NO. The molecule has 0 spiro atoms. The summed E-state index contributed by atoms with van der Waals surface area (Å²) in [6.07, 6.45) is 4.51. The molecule has 0 aromatic carbocycles. The number of nitrogens with one attached hydrogen (secondary N) is 1. The highest BCUT2D eigenvalue weighted by molar-refractivity contribution is 5.63. The lowest BCUT2D eigenvalue weighted by Gasteiger charge is -2.26. The Balaban J connectivity index is 4.03. The molecule has 12 heavy (non-hydrogen) atoms. The van der Waals surface area contributed by atoms with Crippen molar-refractivity contribution in [3.05, 3.63) is 12.7 Å². The van der Waals surface area contributed by atoms with Crippen LogP contribution in [0.2, 0.25) is 0 Å². The Morgan fingerprint density at radius 1 is 1.58 bits per heavy atom. The van der Waals surface area contributed by atoms with E-state index in [9.17, 15) is 4.79 Å². The van der Waals surface area contributed by atoms with Crippen LogP contribution >= 0.6 is 0 Å². The van der Waals surface area contributed by atoms with Crippen LogP contribution in [-0.2, 0) is 4.79 Å². The maximum Gasteiger partial charge on any atom is 0.139 e. The SMILES string of the molecule is C=CCCC(C)(C=O)NC(C)C. The summed E-state index contributed by atoms with van der Waals surface area (Å²) in [6.45, 7) is 9.63. The van der Waals surface area contributed by atoms with E-state index in [1.807, 2.05) is 26.8 Å². The Labute approximate surface area is 75.0 Å². The van der Waals surface area contributed by atoms with E-state index in [0.717, 1.165) is 19.1 Å². The van der Waals surface area contributed by atoms with Crippen LogP contribution in [0.4, 0.5) is 0 Å². The molecule has 0 bridgehead atoms. The summed E-state index contributed by atoms with van der Waals surface area (Å²) in [4.78, 5) is 10.8. The third kappa shape index (κ3) is 4.29. The predicted molar refractivity (Wildman–Crippen MR) is 52.2 cm³/mol. The van der Waals surface area contributed by atoms with Crippen molar-refractivity contribution < 1.29 is 4.79 Å². The summed E-state index contributed by atoms with van der Waals surface area (Å²) >= 11 is 0. The molecule has 1 atom stereocenters. The second kappa shape index (κ2) is 5.09. The van der Waals surface area contributed by atoms with Crippen molar-refractivity contribution in [2.24, 2.45) is 0 Å². The van der Waals surface area contributed by atoms with Gasteiger partial charge in [-0.1, -0.05) is 6.08 Å². The van der Waals surface area contributed by atoms with Crippen LogP contribution in [-0.4, -0.2) is 17.9 Å². The van der Waals surface area contributed by atoms with E-state index >= 15 is 0 Å². The Morgan fingerprint density at radius 3 is 2.50 bits per heavy atom. The molecule has 0 aliphatic carbocycles. The molecule has 70 valence electrons. The minimum absolute atomic E-state index is 0.338. The Morgan fingerprint density at radius 2 is 2.17 bits per heavy atom. The van der Waals surface area contributed by atoms with Gasteiger partial charge in [-0.2, -0.15) is 0 Å². The van der Waals surface area contributed by atoms with E-state index < -0.39 is 0 Å². The molecule has 0 rings (SSSR count). The average molecular weight is 169 g/mol. The lowest BCUT2D eigenvalue weighted by molar-refractivity contribution is -0.113. The van der Waals surface area contributed by atoms with Crippen molar-refractivity contribution in [1.29, 1.82) is 0 Å². The van der Waals surface area contributed by atoms with Gasteiger partial charge in [-0.05, 0) is 33.6 Å². The molecule has 0 aliphatic rings. The van der Waals surface area contributed by atoms with Crippen molar-refractivity contribution >= 4 is 6.29 Å². The molecule has 0 fully saturated rings. The number of hydrogen-bond donors (Lipinski definition) is 1. The number of carbonyl (C=O) groups excluding carboxylic acids is 1. The van der Waals surface area contributed by atoms with Gasteiger partial charge in [0.05, 0.1) is 5.54 Å². The van der Waals surface area contributed by atoms with Crippen molar-refractivity contribution in [3.63, 3.8) is 0 Å². The second-order valence-corrected chi connectivity index (χ2v) is 3.66. The fraction of sp³-hybridized carbons (Fsp3) is 0.700. The van der Waals surface area contributed by atoms with Crippen molar-refractivity contribution in [2.75, 3.05) is 0 Å². The predicted octanol–water partition coefficient (Wildman–Crippen LogP) is 1.91. The zero-order chi connectivity index (χ0) is 9.61. The van der Waals surface area contributed by atoms with E-state index in [1.165, 1.54) is 0 Å². The molecule has 0 aliphatic heterocycles. The molecule has 2 heteroatoms. The standard InChI is InChI=1S/C10H19NO/c1-5-6-7-10(4,8-12)11-9(2)3/h5,8-9,11H,1,6-7H2,2-4H3. The number of carbonyl (C=O) groups is 1. The highest BCUT2D eigenvalue weighted by Crippen LogP contribution is 2.10. The van der Waals surface area contributed by atoms with E-state index in [4.69, 9.17) is 0 Å². The summed E-state index contributed by atoms with van der Waals surface area (Å²) in [7, 11) is 0. The van der Waals surface area contributed by atoms with E-state index in [0.29, 0.717) is 6.04 Å². The lowest BCUT2D eigenvalue weighted by Crippen LogP contribution is -2.47. The van der Waals surface area contributed by atoms with Gasteiger partial charge in [-0.15, -0.1) is 6.58 Å². The van der Waals surface area contributed by atoms with Gasteiger partial charge in [-0.3, -0.25) is 0 Å². The van der Waals surface area contributed by atoms with Crippen LogP contribution in [0.5, 0.6) is 0 Å². The molecule has 2 nitrogen and oxygen atoms in total. The molecule has 0 radical (unpaired) electrons. The van der Waals surface area contributed by atoms with E-state index in [1.54, 1.807) is 0 Å². The maximum atomic E-state index is 10.8. The van der Waals surface area contributed by atoms with Crippen LogP contribution in [0.15, 0.2) is 12.7 Å². The first kappa shape index (κ1) is 11.4. The van der Waals surface area contributed by atoms with Crippen LogP contribution < -0.4 is 5.32 Å². The van der Waals surface area contributed by atoms with Crippen LogP contribution in [0.25, 0.3) is 0 Å². The average Bonchev–Trinajstić information content (AvgIpc) is 2.00. The Hall–Kier alpha value is -0.630. The molecule has 1 N–H and O–H groups in total. The van der Waals surface area contributed by atoms with Crippen molar-refractivity contribution in [3.8, 4) is 0 Å². The fourth-order valence-electron chi connectivity index (χ4n) is 1.23. The highest BCUT2D eigenvalue weighted by Gasteiger charge is 2.22. The Bertz CT molecular complexity index is 154. The van der Waals surface area contributed by atoms with Crippen molar-refractivity contribution in [1.82, 2.24) is 5.32 Å². The van der Waals surface area contributed by atoms with Gasteiger partial charge >= 0.3 is 0 Å². The number of aldehydes is 1. The van der Waals surface area contributed by atoms with Gasteiger partial charge < -0.3 is 10.1 Å². The summed E-state index contributed by atoms with van der Waals surface area (Å²) < 4.78 is 0. The molecule has 0 saturated heterocycles. The quantitative estimate of drug-likeness (QED) is 0.486. The third-order valence-corrected chi connectivity index (χ3v) is 1.75. The first-order valence-corrected chi connectivity index (χ1v) is 4.39.